The van der Waals surface area contributed by atoms with Gasteiger partial charge in [0.2, 0.25) is 10.0 Å². The van der Waals surface area contributed by atoms with Gasteiger partial charge >= 0.3 is 0 Å². The second-order valence-corrected chi connectivity index (χ2v) is 9.42. The molecule has 0 saturated carbocycles. The largest absolute Gasteiger partial charge is 0.461 e. The highest BCUT2D eigenvalue weighted by molar-refractivity contribution is 7.88. The Labute approximate surface area is 175 Å². The molecule has 0 aliphatic carbocycles. The molecule has 0 spiro atoms. The van der Waals surface area contributed by atoms with Crippen LogP contribution in [0, 0.1) is 4.77 Å². The molecule has 2 aromatic heterocycles. The standard InChI is InChI=1S/C19H23N5O3S2/c1-29(25,26)22-11-9-21(10-12-22)15-24-19(28)23(14-16-6-3-2-4-7-16)18(20-24)17-8-5-13-27-17/h2-8,13H,9-12,14-15H2,1H3. The SMILES string of the molecule is CS(=O)(=O)N1CCN(Cn2nc(-c3ccco3)n(Cc3ccccc3)c2=S)CC1. The molecule has 0 N–H and O–H groups in total. The van der Waals surface area contributed by atoms with Crippen LogP contribution in [0.2, 0.25) is 0 Å². The molecule has 3 aromatic rings. The van der Waals surface area contributed by atoms with Gasteiger partial charge in [-0.2, -0.15) is 4.31 Å². The molecule has 1 saturated heterocycles. The van der Waals surface area contributed by atoms with Crippen molar-refractivity contribution in [1.29, 1.82) is 0 Å². The van der Waals surface area contributed by atoms with Gasteiger partial charge in [-0.3, -0.25) is 9.47 Å². The highest BCUT2D eigenvalue weighted by atomic mass is 32.2. The predicted molar refractivity (Wildman–Crippen MR) is 112 cm³/mol. The molecule has 0 atom stereocenters. The molecule has 8 nitrogen and oxygen atoms in total. The topological polar surface area (TPSA) is 76.5 Å². The number of nitrogens with zero attached hydrogens (tertiary/aromatic N) is 5. The smallest absolute Gasteiger partial charge is 0.211 e. The Bertz CT molecular complexity index is 1110. The number of benzene rings is 1. The first kappa shape index (κ1) is 20.0. The maximum Gasteiger partial charge on any atom is 0.211 e. The van der Waals surface area contributed by atoms with E-state index in [1.165, 1.54) is 10.6 Å². The van der Waals surface area contributed by atoms with Gasteiger partial charge in [0, 0.05) is 26.2 Å². The lowest BCUT2D eigenvalue weighted by molar-refractivity contribution is 0.145. The van der Waals surface area contributed by atoms with Crippen LogP contribution >= 0.6 is 12.2 Å². The summed E-state index contributed by atoms with van der Waals surface area (Å²) in [6.45, 7) is 3.32. The fraction of sp³-hybridized carbons (Fsp3) is 0.368. The molecule has 0 unspecified atom stereocenters. The average Bonchev–Trinajstić information content (AvgIpc) is 3.33. The van der Waals surface area contributed by atoms with Crippen LogP contribution < -0.4 is 0 Å². The summed E-state index contributed by atoms with van der Waals surface area (Å²) in [6.07, 6.45) is 2.87. The molecular formula is C19H23N5O3S2. The molecule has 0 amide bonds. The Morgan fingerprint density at radius 1 is 1.07 bits per heavy atom. The van der Waals surface area contributed by atoms with E-state index in [2.05, 4.69) is 17.0 Å². The zero-order valence-electron chi connectivity index (χ0n) is 16.1. The van der Waals surface area contributed by atoms with Crippen LogP contribution in [0.3, 0.4) is 0 Å². The van der Waals surface area contributed by atoms with Crippen molar-refractivity contribution in [1.82, 2.24) is 23.6 Å². The summed E-state index contributed by atoms with van der Waals surface area (Å²) >= 11 is 5.73. The molecule has 4 rings (SSSR count). The quantitative estimate of drug-likeness (QED) is 0.555. The molecule has 1 fully saturated rings. The first-order valence-corrected chi connectivity index (χ1v) is 11.6. The number of sulfonamides is 1. The van der Waals surface area contributed by atoms with Crippen LogP contribution in [0.4, 0.5) is 0 Å². The molecule has 1 aliphatic heterocycles. The van der Waals surface area contributed by atoms with Crippen LogP contribution in [-0.2, 0) is 23.2 Å². The molecule has 1 aliphatic rings. The van der Waals surface area contributed by atoms with Gasteiger partial charge in [-0.25, -0.2) is 13.1 Å². The lowest BCUT2D eigenvalue weighted by Gasteiger charge is -2.32. The van der Waals surface area contributed by atoms with Crippen LogP contribution in [0.5, 0.6) is 0 Å². The van der Waals surface area contributed by atoms with Gasteiger partial charge in [0.1, 0.15) is 0 Å². The molecule has 3 heterocycles. The molecule has 0 bridgehead atoms. The first-order valence-electron chi connectivity index (χ1n) is 9.35. The Morgan fingerprint density at radius 2 is 1.79 bits per heavy atom. The summed E-state index contributed by atoms with van der Waals surface area (Å²) in [7, 11) is -3.15. The predicted octanol–water partition coefficient (Wildman–Crippen LogP) is 2.26. The average molecular weight is 434 g/mol. The monoisotopic (exact) mass is 433 g/mol. The third-order valence-corrected chi connectivity index (χ3v) is 6.72. The van der Waals surface area contributed by atoms with Crippen molar-refractivity contribution in [3.63, 3.8) is 0 Å². The molecule has 154 valence electrons. The molecular weight excluding hydrogens is 410 g/mol. The Morgan fingerprint density at radius 3 is 2.41 bits per heavy atom. The number of hydrogen-bond acceptors (Lipinski definition) is 6. The van der Waals surface area contributed by atoms with Gasteiger partial charge in [0.05, 0.1) is 25.7 Å². The van der Waals surface area contributed by atoms with Crippen LogP contribution in [0.1, 0.15) is 5.56 Å². The highest BCUT2D eigenvalue weighted by Crippen LogP contribution is 2.21. The van der Waals surface area contributed by atoms with E-state index in [1.54, 1.807) is 10.9 Å². The summed E-state index contributed by atoms with van der Waals surface area (Å²) in [5.41, 5.74) is 1.12. The van der Waals surface area contributed by atoms with Gasteiger partial charge in [-0.1, -0.05) is 30.3 Å². The van der Waals surface area contributed by atoms with Crippen LogP contribution in [0.15, 0.2) is 53.1 Å². The van der Waals surface area contributed by atoms with Crippen LogP contribution in [-0.4, -0.2) is 64.4 Å². The maximum atomic E-state index is 11.7. The highest BCUT2D eigenvalue weighted by Gasteiger charge is 2.24. The molecule has 29 heavy (non-hydrogen) atoms. The summed E-state index contributed by atoms with van der Waals surface area (Å²) in [5, 5.41) is 4.72. The normalized spacial score (nSPS) is 16.3. The van der Waals surface area contributed by atoms with Gasteiger partial charge in [0.25, 0.3) is 0 Å². The third-order valence-electron chi connectivity index (χ3n) is 4.98. The second-order valence-electron chi connectivity index (χ2n) is 7.08. The summed E-state index contributed by atoms with van der Waals surface area (Å²) in [5.74, 6) is 1.34. The number of piperazine rings is 1. The Balaban J connectivity index is 1.58. The van der Waals surface area contributed by atoms with Crippen molar-refractivity contribution in [3.05, 3.63) is 59.1 Å². The summed E-state index contributed by atoms with van der Waals surface area (Å²) in [4.78, 5) is 2.16. The lowest BCUT2D eigenvalue weighted by atomic mass is 10.2. The zero-order valence-corrected chi connectivity index (χ0v) is 17.8. The van der Waals surface area contributed by atoms with Crippen LogP contribution in [0.25, 0.3) is 11.6 Å². The Kier molecular flexibility index (Phi) is 5.68. The zero-order chi connectivity index (χ0) is 20.4. The minimum atomic E-state index is -3.15. The van der Waals surface area contributed by atoms with Crippen molar-refractivity contribution in [3.8, 4) is 11.6 Å². The van der Waals surface area contributed by atoms with Crippen molar-refractivity contribution in [2.45, 2.75) is 13.2 Å². The lowest BCUT2D eigenvalue weighted by Crippen LogP contribution is -2.48. The van der Waals surface area contributed by atoms with Crippen molar-refractivity contribution in [2.75, 3.05) is 32.4 Å². The third kappa shape index (κ3) is 4.50. The van der Waals surface area contributed by atoms with E-state index in [1.807, 2.05) is 34.9 Å². The van der Waals surface area contributed by atoms with E-state index in [9.17, 15) is 8.42 Å². The molecule has 10 heteroatoms. The van der Waals surface area contributed by atoms with Gasteiger partial charge in [0.15, 0.2) is 16.4 Å². The summed E-state index contributed by atoms with van der Waals surface area (Å²) in [6, 6.07) is 13.8. The van der Waals surface area contributed by atoms with E-state index in [0.717, 1.165) is 5.56 Å². The number of furan rings is 1. The van der Waals surface area contributed by atoms with E-state index in [4.69, 9.17) is 21.7 Å². The minimum Gasteiger partial charge on any atom is -0.461 e. The van der Waals surface area contributed by atoms with E-state index in [-0.39, 0.29) is 0 Å². The fourth-order valence-corrected chi connectivity index (χ4v) is 4.50. The van der Waals surface area contributed by atoms with Gasteiger partial charge in [-0.05, 0) is 29.9 Å². The van der Waals surface area contributed by atoms with E-state index in [0.29, 0.717) is 55.7 Å². The maximum absolute atomic E-state index is 11.7. The number of aromatic nitrogens is 3. The minimum absolute atomic E-state index is 0.474. The Hall–Kier alpha value is -2.27. The second kappa shape index (κ2) is 8.23. The molecule has 1 aromatic carbocycles. The fourth-order valence-electron chi connectivity index (χ4n) is 3.42. The number of rotatable bonds is 6. The van der Waals surface area contributed by atoms with Crippen molar-refractivity contribution in [2.24, 2.45) is 0 Å². The van der Waals surface area contributed by atoms with Gasteiger partial charge in [-0.15, -0.1) is 5.10 Å². The first-order chi connectivity index (χ1) is 13.9. The van der Waals surface area contributed by atoms with Crippen molar-refractivity contribution < 1.29 is 12.8 Å². The number of hydrogen-bond donors (Lipinski definition) is 0. The van der Waals surface area contributed by atoms with Crippen molar-refractivity contribution >= 4 is 22.2 Å². The summed E-state index contributed by atoms with van der Waals surface area (Å²) < 4.78 is 34.9. The molecule has 0 radical (unpaired) electrons. The van der Waals surface area contributed by atoms with E-state index >= 15 is 0 Å². The van der Waals surface area contributed by atoms with Gasteiger partial charge < -0.3 is 4.42 Å². The van der Waals surface area contributed by atoms with E-state index < -0.39 is 10.0 Å².